The molecule has 0 aliphatic carbocycles. The minimum absolute atomic E-state index is 0.0443. The number of ether oxygens (including phenoxy) is 1. The summed E-state index contributed by atoms with van der Waals surface area (Å²) in [5.74, 6) is -0.183. The Balaban J connectivity index is 1.75. The van der Waals surface area contributed by atoms with E-state index in [0.29, 0.717) is 18.7 Å². The average Bonchev–Trinajstić information content (AvgIpc) is 2.66. The highest BCUT2D eigenvalue weighted by molar-refractivity contribution is 7.89. The Bertz CT molecular complexity index is 889. The Labute approximate surface area is 160 Å². The van der Waals surface area contributed by atoms with Crippen molar-refractivity contribution in [2.24, 2.45) is 0 Å². The Morgan fingerprint density at radius 3 is 2.41 bits per heavy atom. The molecule has 0 saturated carbocycles. The predicted molar refractivity (Wildman–Crippen MR) is 103 cm³/mol. The highest BCUT2D eigenvalue weighted by Crippen LogP contribution is 2.17. The van der Waals surface area contributed by atoms with Crippen molar-refractivity contribution in [1.82, 2.24) is 9.62 Å². The third-order valence-corrected chi connectivity index (χ3v) is 5.81. The van der Waals surface area contributed by atoms with Gasteiger partial charge < -0.3 is 9.64 Å². The van der Waals surface area contributed by atoms with E-state index in [1.165, 1.54) is 12.1 Å². The SMILES string of the molecule is C[C@@H]1CN(C(=O)c2cccc(S(=O)(=O)NCc3ccccc3)c2)C[C@@H](C)O1. The van der Waals surface area contributed by atoms with E-state index in [1.54, 1.807) is 17.0 Å². The molecular weight excluding hydrogens is 364 g/mol. The largest absolute Gasteiger partial charge is 0.372 e. The molecule has 2 aromatic rings. The molecule has 3 rings (SSSR count). The van der Waals surface area contributed by atoms with Crippen LogP contribution >= 0.6 is 0 Å². The van der Waals surface area contributed by atoms with Gasteiger partial charge in [0, 0.05) is 25.2 Å². The molecule has 0 bridgehead atoms. The van der Waals surface area contributed by atoms with E-state index < -0.39 is 10.0 Å². The molecule has 0 unspecified atom stereocenters. The number of amides is 1. The quantitative estimate of drug-likeness (QED) is 0.854. The molecule has 2 aromatic carbocycles. The minimum atomic E-state index is -3.71. The van der Waals surface area contributed by atoms with Crippen LogP contribution in [0.2, 0.25) is 0 Å². The van der Waals surface area contributed by atoms with Crippen LogP contribution < -0.4 is 4.72 Å². The van der Waals surface area contributed by atoms with E-state index >= 15 is 0 Å². The van der Waals surface area contributed by atoms with Gasteiger partial charge in [0.2, 0.25) is 10.0 Å². The molecule has 0 radical (unpaired) electrons. The second-order valence-electron chi connectivity index (χ2n) is 6.81. The zero-order valence-corrected chi connectivity index (χ0v) is 16.3. The van der Waals surface area contributed by atoms with Crippen LogP contribution in [0.15, 0.2) is 59.5 Å². The van der Waals surface area contributed by atoms with Gasteiger partial charge in [0.25, 0.3) is 5.91 Å². The second-order valence-corrected chi connectivity index (χ2v) is 8.57. The van der Waals surface area contributed by atoms with Gasteiger partial charge in [0.1, 0.15) is 0 Å². The summed E-state index contributed by atoms with van der Waals surface area (Å²) >= 11 is 0. The van der Waals surface area contributed by atoms with Crippen LogP contribution in [0.25, 0.3) is 0 Å². The topological polar surface area (TPSA) is 75.7 Å². The van der Waals surface area contributed by atoms with Crippen molar-refractivity contribution in [3.8, 4) is 0 Å². The molecule has 6 nitrogen and oxygen atoms in total. The van der Waals surface area contributed by atoms with Crippen molar-refractivity contribution in [3.63, 3.8) is 0 Å². The maximum atomic E-state index is 12.8. The van der Waals surface area contributed by atoms with Crippen molar-refractivity contribution < 1.29 is 17.9 Å². The Morgan fingerprint density at radius 2 is 1.74 bits per heavy atom. The number of rotatable bonds is 5. The summed E-state index contributed by atoms with van der Waals surface area (Å²) in [5.41, 5.74) is 1.23. The molecule has 1 heterocycles. The first-order valence-electron chi connectivity index (χ1n) is 8.93. The third-order valence-electron chi connectivity index (χ3n) is 4.41. The van der Waals surface area contributed by atoms with Crippen LogP contribution in [0, 0.1) is 0 Å². The van der Waals surface area contributed by atoms with Crippen LogP contribution in [0.3, 0.4) is 0 Å². The molecule has 1 fully saturated rings. The summed E-state index contributed by atoms with van der Waals surface area (Å²) in [6.07, 6.45) is -0.0886. The first kappa shape index (κ1) is 19.5. The van der Waals surface area contributed by atoms with Gasteiger partial charge in [-0.1, -0.05) is 36.4 Å². The van der Waals surface area contributed by atoms with Gasteiger partial charge in [-0.15, -0.1) is 0 Å². The van der Waals surface area contributed by atoms with Gasteiger partial charge >= 0.3 is 0 Å². The van der Waals surface area contributed by atoms with Gasteiger partial charge in [-0.2, -0.15) is 0 Å². The standard InChI is InChI=1S/C20H24N2O4S/c1-15-13-22(14-16(2)26-15)20(23)18-9-6-10-19(11-18)27(24,25)21-12-17-7-4-3-5-8-17/h3-11,15-16,21H,12-14H2,1-2H3/t15-,16-/m1/s1. The summed E-state index contributed by atoms with van der Waals surface area (Å²) in [6.45, 7) is 5.02. The lowest BCUT2D eigenvalue weighted by Crippen LogP contribution is -2.48. The first-order chi connectivity index (χ1) is 12.8. The van der Waals surface area contributed by atoms with E-state index in [2.05, 4.69) is 4.72 Å². The monoisotopic (exact) mass is 388 g/mol. The molecule has 0 spiro atoms. The number of nitrogens with one attached hydrogen (secondary N) is 1. The molecule has 27 heavy (non-hydrogen) atoms. The number of benzene rings is 2. The lowest BCUT2D eigenvalue weighted by Gasteiger charge is -2.35. The van der Waals surface area contributed by atoms with E-state index in [4.69, 9.17) is 4.74 Å². The van der Waals surface area contributed by atoms with E-state index in [9.17, 15) is 13.2 Å². The van der Waals surface area contributed by atoms with Gasteiger partial charge in [0.05, 0.1) is 17.1 Å². The van der Waals surface area contributed by atoms with Crippen LogP contribution in [0.5, 0.6) is 0 Å². The van der Waals surface area contributed by atoms with Crippen molar-refractivity contribution in [2.75, 3.05) is 13.1 Å². The normalized spacial score (nSPS) is 20.4. The summed E-state index contributed by atoms with van der Waals surface area (Å²) in [4.78, 5) is 14.6. The van der Waals surface area contributed by atoms with Crippen LogP contribution in [0.4, 0.5) is 0 Å². The highest BCUT2D eigenvalue weighted by Gasteiger charge is 2.27. The summed E-state index contributed by atoms with van der Waals surface area (Å²) in [6, 6.07) is 15.4. The van der Waals surface area contributed by atoms with Gasteiger partial charge in [-0.05, 0) is 37.6 Å². The molecule has 1 aliphatic heterocycles. The maximum Gasteiger partial charge on any atom is 0.254 e. The molecule has 1 aliphatic rings. The Hall–Kier alpha value is -2.22. The Kier molecular flexibility index (Phi) is 5.94. The van der Waals surface area contributed by atoms with Crippen LogP contribution in [-0.4, -0.2) is 44.5 Å². The number of nitrogens with zero attached hydrogens (tertiary/aromatic N) is 1. The fraction of sp³-hybridized carbons (Fsp3) is 0.350. The van der Waals surface area contributed by atoms with Crippen molar-refractivity contribution in [2.45, 2.75) is 37.5 Å². The molecule has 0 aromatic heterocycles. The van der Waals surface area contributed by atoms with E-state index in [-0.39, 0.29) is 29.6 Å². The molecular formula is C20H24N2O4S. The van der Waals surface area contributed by atoms with Gasteiger partial charge in [-0.25, -0.2) is 13.1 Å². The molecule has 1 amide bonds. The predicted octanol–water partition coefficient (Wildman–Crippen LogP) is 2.41. The number of sulfonamides is 1. The number of morpholine rings is 1. The maximum absolute atomic E-state index is 12.8. The van der Waals surface area contributed by atoms with Gasteiger partial charge in [-0.3, -0.25) is 4.79 Å². The summed E-state index contributed by atoms with van der Waals surface area (Å²) < 4.78 is 33.4. The van der Waals surface area contributed by atoms with Crippen LogP contribution in [-0.2, 0) is 21.3 Å². The average molecular weight is 388 g/mol. The molecule has 7 heteroatoms. The van der Waals surface area contributed by atoms with Crippen LogP contribution in [0.1, 0.15) is 29.8 Å². The summed E-state index contributed by atoms with van der Waals surface area (Å²) in [5, 5.41) is 0. The van der Waals surface area contributed by atoms with Crippen molar-refractivity contribution in [1.29, 1.82) is 0 Å². The van der Waals surface area contributed by atoms with Crippen molar-refractivity contribution in [3.05, 3.63) is 65.7 Å². The molecule has 144 valence electrons. The highest BCUT2D eigenvalue weighted by atomic mass is 32.2. The smallest absolute Gasteiger partial charge is 0.254 e. The number of hydrogen-bond donors (Lipinski definition) is 1. The second kappa shape index (κ2) is 8.21. The molecule has 2 atom stereocenters. The van der Waals surface area contributed by atoms with E-state index in [1.807, 2.05) is 44.2 Å². The lowest BCUT2D eigenvalue weighted by atomic mass is 10.1. The fourth-order valence-electron chi connectivity index (χ4n) is 3.18. The number of carbonyl (C=O) groups excluding carboxylic acids is 1. The van der Waals surface area contributed by atoms with Crippen molar-refractivity contribution >= 4 is 15.9 Å². The minimum Gasteiger partial charge on any atom is -0.372 e. The Morgan fingerprint density at radius 1 is 1.07 bits per heavy atom. The molecule has 1 N–H and O–H groups in total. The zero-order chi connectivity index (χ0) is 19.4. The molecule has 1 saturated heterocycles. The number of carbonyl (C=O) groups is 1. The van der Waals surface area contributed by atoms with E-state index in [0.717, 1.165) is 5.56 Å². The summed E-state index contributed by atoms with van der Waals surface area (Å²) in [7, 11) is -3.71. The fourth-order valence-corrected chi connectivity index (χ4v) is 4.24. The lowest BCUT2D eigenvalue weighted by molar-refractivity contribution is -0.0586. The third kappa shape index (κ3) is 4.94. The zero-order valence-electron chi connectivity index (χ0n) is 15.5. The van der Waals surface area contributed by atoms with Gasteiger partial charge in [0.15, 0.2) is 0 Å². The first-order valence-corrected chi connectivity index (χ1v) is 10.4. The number of hydrogen-bond acceptors (Lipinski definition) is 4.